The number of anilines is 1. The van der Waals surface area contributed by atoms with Gasteiger partial charge in [0.25, 0.3) is 5.91 Å². The molecule has 0 saturated heterocycles. The molecule has 0 fully saturated rings. The number of thiocarbonyl (C=S) groups is 1. The van der Waals surface area contributed by atoms with Crippen molar-refractivity contribution in [3.63, 3.8) is 0 Å². The maximum absolute atomic E-state index is 13.2. The molecule has 29 heavy (non-hydrogen) atoms. The average Bonchev–Trinajstić information content (AvgIpc) is 3.11. The molecule has 0 aliphatic rings. The van der Waals surface area contributed by atoms with Crippen LogP contribution in [0, 0.1) is 12.7 Å². The molecule has 0 atom stereocenters. The third kappa shape index (κ3) is 4.30. The van der Waals surface area contributed by atoms with Crippen molar-refractivity contribution in [3.8, 4) is 11.5 Å². The number of fused-ring (bicyclic) bond motifs is 1. The molecular formula is C22H16FN3O2S. The first-order chi connectivity index (χ1) is 14.0. The summed E-state index contributed by atoms with van der Waals surface area (Å²) in [5, 5.41) is 5.56. The van der Waals surface area contributed by atoms with E-state index in [0.29, 0.717) is 11.6 Å². The number of carbonyl (C=O) groups excluding carboxylic acids is 1. The van der Waals surface area contributed by atoms with Crippen LogP contribution in [0.2, 0.25) is 0 Å². The number of aromatic nitrogens is 1. The van der Waals surface area contributed by atoms with Crippen LogP contribution >= 0.6 is 12.2 Å². The van der Waals surface area contributed by atoms with Gasteiger partial charge in [-0.25, -0.2) is 9.37 Å². The van der Waals surface area contributed by atoms with Gasteiger partial charge in [-0.3, -0.25) is 10.1 Å². The molecule has 4 rings (SSSR count). The van der Waals surface area contributed by atoms with Crippen LogP contribution in [0.4, 0.5) is 10.1 Å². The fourth-order valence-electron chi connectivity index (χ4n) is 2.82. The van der Waals surface area contributed by atoms with Gasteiger partial charge >= 0.3 is 0 Å². The fourth-order valence-corrected chi connectivity index (χ4v) is 3.03. The lowest BCUT2D eigenvalue weighted by atomic mass is 10.2. The van der Waals surface area contributed by atoms with E-state index < -0.39 is 11.7 Å². The van der Waals surface area contributed by atoms with Crippen molar-refractivity contribution < 1.29 is 13.6 Å². The molecule has 0 unspecified atom stereocenters. The third-order valence-corrected chi connectivity index (χ3v) is 4.45. The van der Waals surface area contributed by atoms with E-state index in [1.807, 2.05) is 37.3 Å². The molecule has 0 bridgehead atoms. The topological polar surface area (TPSA) is 67.2 Å². The molecule has 144 valence electrons. The molecule has 0 aliphatic carbocycles. The van der Waals surface area contributed by atoms with E-state index in [-0.39, 0.29) is 10.7 Å². The molecule has 1 aromatic heterocycles. The van der Waals surface area contributed by atoms with Crippen LogP contribution in [0.25, 0.3) is 22.6 Å². The highest BCUT2D eigenvalue weighted by Gasteiger charge is 2.10. The van der Waals surface area contributed by atoms with E-state index in [2.05, 4.69) is 15.6 Å². The second kappa shape index (κ2) is 7.81. The van der Waals surface area contributed by atoms with Gasteiger partial charge in [0.1, 0.15) is 11.3 Å². The summed E-state index contributed by atoms with van der Waals surface area (Å²) in [6, 6.07) is 18.5. The lowest BCUT2D eigenvalue weighted by Gasteiger charge is -2.10. The Hall–Kier alpha value is -3.58. The van der Waals surface area contributed by atoms with Gasteiger partial charge < -0.3 is 9.73 Å². The van der Waals surface area contributed by atoms with Crippen molar-refractivity contribution in [3.05, 3.63) is 83.7 Å². The molecule has 4 aromatic rings. The molecule has 0 aliphatic heterocycles. The summed E-state index contributed by atoms with van der Waals surface area (Å²) in [6.07, 6.45) is 0. The fraction of sp³-hybridized carbons (Fsp3) is 0.0455. The van der Waals surface area contributed by atoms with Gasteiger partial charge in [0, 0.05) is 16.8 Å². The van der Waals surface area contributed by atoms with Crippen molar-refractivity contribution in [2.75, 3.05) is 5.32 Å². The van der Waals surface area contributed by atoms with Crippen molar-refractivity contribution in [1.82, 2.24) is 10.3 Å². The van der Waals surface area contributed by atoms with Crippen LogP contribution in [0.1, 0.15) is 15.9 Å². The Morgan fingerprint density at radius 1 is 1.07 bits per heavy atom. The number of benzene rings is 3. The second-order valence-corrected chi connectivity index (χ2v) is 6.89. The Labute approximate surface area is 171 Å². The minimum atomic E-state index is -0.486. The summed E-state index contributed by atoms with van der Waals surface area (Å²) in [4.78, 5) is 16.6. The number of amides is 1. The van der Waals surface area contributed by atoms with Gasteiger partial charge in [0.15, 0.2) is 10.7 Å². The number of hydrogen-bond donors (Lipinski definition) is 2. The molecule has 0 spiro atoms. The van der Waals surface area contributed by atoms with E-state index in [4.69, 9.17) is 16.6 Å². The van der Waals surface area contributed by atoms with Crippen LogP contribution in [0.5, 0.6) is 0 Å². The molecule has 2 N–H and O–H groups in total. The summed E-state index contributed by atoms with van der Waals surface area (Å²) in [6.45, 7) is 2.00. The van der Waals surface area contributed by atoms with Crippen molar-refractivity contribution in [2.24, 2.45) is 0 Å². The van der Waals surface area contributed by atoms with Crippen LogP contribution in [-0.4, -0.2) is 16.0 Å². The number of carbonyl (C=O) groups is 1. The van der Waals surface area contributed by atoms with Crippen molar-refractivity contribution >= 4 is 40.0 Å². The molecule has 5 nitrogen and oxygen atoms in total. The zero-order valence-corrected chi connectivity index (χ0v) is 16.2. The first kappa shape index (κ1) is 18.8. The Morgan fingerprint density at radius 3 is 2.62 bits per heavy atom. The van der Waals surface area contributed by atoms with E-state index >= 15 is 0 Å². The Kier molecular flexibility index (Phi) is 5.05. The zero-order valence-electron chi connectivity index (χ0n) is 15.4. The monoisotopic (exact) mass is 405 g/mol. The Balaban J connectivity index is 1.43. The number of halogens is 1. The number of nitrogens with one attached hydrogen (secondary N) is 2. The number of nitrogens with zero attached hydrogens (tertiary/aromatic N) is 1. The van der Waals surface area contributed by atoms with Gasteiger partial charge in [0.05, 0.1) is 0 Å². The van der Waals surface area contributed by atoms with E-state index in [9.17, 15) is 9.18 Å². The maximum Gasteiger partial charge on any atom is 0.257 e. The van der Waals surface area contributed by atoms with Gasteiger partial charge in [-0.15, -0.1) is 0 Å². The molecule has 0 saturated carbocycles. The minimum Gasteiger partial charge on any atom is -0.436 e. The standard InChI is InChI=1S/C22H16FN3O2S/c1-13-5-10-19-18(11-13)25-21(28-19)14-6-8-17(9-7-14)24-22(29)26-20(27)15-3-2-4-16(23)12-15/h2-12H,1H3,(H2,24,26,27,29). The SMILES string of the molecule is Cc1ccc2oc(-c3ccc(NC(=S)NC(=O)c4cccc(F)c4)cc3)nc2c1. The van der Waals surface area contributed by atoms with Crippen LogP contribution in [0.3, 0.4) is 0 Å². The smallest absolute Gasteiger partial charge is 0.257 e. The Morgan fingerprint density at radius 2 is 1.86 bits per heavy atom. The summed E-state index contributed by atoms with van der Waals surface area (Å²) in [5.74, 6) is -0.444. The van der Waals surface area contributed by atoms with Gasteiger partial charge in [0.2, 0.25) is 5.89 Å². The summed E-state index contributed by atoms with van der Waals surface area (Å²) in [5.41, 5.74) is 4.35. The average molecular weight is 405 g/mol. The van der Waals surface area contributed by atoms with E-state index in [0.717, 1.165) is 28.3 Å². The largest absolute Gasteiger partial charge is 0.436 e. The molecule has 1 heterocycles. The van der Waals surface area contributed by atoms with E-state index in [1.54, 1.807) is 12.1 Å². The highest BCUT2D eigenvalue weighted by atomic mass is 32.1. The summed E-state index contributed by atoms with van der Waals surface area (Å²) in [7, 11) is 0. The van der Waals surface area contributed by atoms with Gasteiger partial charge in [-0.1, -0.05) is 12.1 Å². The predicted molar refractivity (Wildman–Crippen MR) is 114 cm³/mol. The Bertz CT molecular complexity index is 1220. The normalized spacial score (nSPS) is 10.7. The maximum atomic E-state index is 13.2. The summed E-state index contributed by atoms with van der Waals surface area (Å²) >= 11 is 5.16. The number of oxazole rings is 1. The lowest BCUT2D eigenvalue weighted by molar-refractivity contribution is 0.0977. The molecule has 3 aromatic carbocycles. The summed E-state index contributed by atoms with van der Waals surface area (Å²) < 4.78 is 19.0. The van der Waals surface area contributed by atoms with Crippen molar-refractivity contribution in [2.45, 2.75) is 6.92 Å². The van der Waals surface area contributed by atoms with Gasteiger partial charge in [-0.2, -0.15) is 0 Å². The van der Waals surface area contributed by atoms with Crippen LogP contribution < -0.4 is 10.6 Å². The van der Waals surface area contributed by atoms with Crippen LogP contribution in [-0.2, 0) is 0 Å². The number of rotatable bonds is 3. The number of aryl methyl sites for hydroxylation is 1. The first-order valence-electron chi connectivity index (χ1n) is 8.83. The minimum absolute atomic E-state index is 0.115. The number of hydrogen-bond acceptors (Lipinski definition) is 4. The lowest BCUT2D eigenvalue weighted by Crippen LogP contribution is -2.34. The van der Waals surface area contributed by atoms with E-state index in [1.165, 1.54) is 18.2 Å². The highest BCUT2D eigenvalue weighted by Crippen LogP contribution is 2.25. The molecule has 7 heteroatoms. The first-order valence-corrected chi connectivity index (χ1v) is 9.24. The zero-order chi connectivity index (χ0) is 20.4. The van der Waals surface area contributed by atoms with Crippen LogP contribution in [0.15, 0.2) is 71.1 Å². The molecule has 1 amide bonds. The van der Waals surface area contributed by atoms with Gasteiger partial charge in [-0.05, 0) is 79.3 Å². The second-order valence-electron chi connectivity index (χ2n) is 6.49. The molecule has 0 radical (unpaired) electrons. The quantitative estimate of drug-likeness (QED) is 0.466. The molecular weight excluding hydrogens is 389 g/mol. The van der Waals surface area contributed by atoms with Crippen molar-refractivity contribution in [1.29, 1.82) is 0 Å². The highest BCUT2D eigenvalue weighted by molar-refractivity contribution is 7.80. The third-order valence-electron chi connectivity index (χ3n) is 4.25. The predicted octanol–water partition coefficient (Wildman–Crippen LogP) is 5.07.